The van der Waals surface area contributed by atoms with E-state index in [0.717, 1.165) is 0 Å². The zero-order chi connectivity index (χ0) is 6.57. The average molecular weight is 133 g/mol. The van der Waals surface area contributed by atoms with Gasteiger partial charge in [-0.25, -0.2) is 0 Å². The number of hydrogen-bond donors (Lipinski definition) is 0. The molecule has 0 aliphatic carbocycles. The molecule has 8 heavy (non-hydrogen) atoms. The smallest absolute Gasteiger partial charge is 0.130 e. The van der Waals surface area contributed by atoms with Gasteiger partial charge in [-0.3, -0.25) is 0 Å². The van der Waals surface area contributed by atoms with Gasteiger partial charge in [0.1, 0.15) is 5.76 Å². The van der Waals surface area contributed by atoms with Crippen molar-refractivity contribution in [2.75, 3.05) is 6.61 Å². The molecular formula is C6H9ClO. The number of hydrogen-bond acceptors (Lipinski definition) is 1. The van der Waals surface area contributed by atoms with Crippen LogP contribution in [0.15, 0.2) is 23.9 Å². The first-order valence-corrected chi connectivity index (χ1v) is 2.72. The molecule has 1 nitrogen and oxygen atoms in total. The summed E-state index contributed by atoms with van der Waals surface area (Å²) in [5.41, 5.74) is 0. The maximum Gasteiger partial charge on any atom is 0.130 e. The summed E-state index contributed by atoms with van der Waals surface area (Å²) < 4.78 is 4.88. The van der Waals surface area contributed by atoms with Crippen LogP contribution in [0, 0.1) is 0 Å². The topological polar surface area (TPSA) is 9.23 Å². The molecule has 0 bridgehead atoms. The van der Waals surface area contributed by atoms with Crippen LogP contribution >= 0.6 is 11.6 Å². The Bertz CT molecular complexity index is 107. The van der Waals surface area contributed by atoms with E-state index in [0.29, 0.717) is 17.4 Å². The Morgan fingerprint density at radius 3 is 2.25 bits per heavy atom. The van der Waals surface area contributed by atoms with Crippen LogP contribution in [0.25, 0.3) is 0 Å². The number of allylic oxidation sites excluding steroid dienone is 1. The van der Waals surface area contributed by atoms with E-state index in [1.165, 1.54) is 0 Å². The third-order valence-electron chi connectivity index (χ3n) is 0.621. The lowest BCUT2D eigenvalue weighted by molar-refractivity contribution is 0.242. The van der Waals surface area contributed by atoms with Gasteiger partial charge in [0, 0.05) is 0 Å². The molecule has 0 aromatic carbocycles. The summed E-state index contributed by atoms with van der Waals surface area (Å²) in [6, 6.07) is 0. The maximum atomic E-state index is 5.39. The highest BCUT2D eigenvalue weighted by atomic mass is 35.5. The number of rotatable bonds is 3. The van der Waals surface area contributed by atoms with E-state index in [1.54, 1.807) is 0 Å². The van der Waals surface area contributed by atoms with Crippen LogP contribution < -0.4 is 0 Å². The maximum absolute atomic E-state index is 5.39. The second-order valence-electron chi connectivity index (χ2n) is 1.26. The summed E-state index contributed by atoms with van der Waals surface area (Å²) in [5, 5.41) is 0.367. The van der Waals surface area contributed by atoms with Gasteiger partial charge in [0.25, 0.3) is 0 Å². The standard InChI is InChI=1S/C6H9ClO/c1-4-8-6(3)5(2)7/h2-4H2,1H3. The number of halogens is 1. The Balaban J connectivity index is 3.49. The van der Waals surface area contributed by atoms with Crippen molar-refractivity contribution in [2.45, 2.75) is 6.92 Å². The predicted molar refractivity (Wildman–Crippen MR) is 35.8 cm³/mol. The summed E-state index contributed by atoms with van der Waals surface area (Å²) >= 11 is 5.39. The van der Waals surface area contributed by atoms with E-state index in [1.807, 2.05) is 6.92 Å². The summed E-state index contributed by atoms with van der Waals surface area (Å²) in [4.78, 5) is 0. The highest BCUT2D eigenvalue weighted by molar-refractivity contribution is 6.31. The zero-order valence-corrected chi connectivity index (χ0v) is 5.66. The van der Waals surface area contributed by atoms with E-state index in [9.17, 15) is 0 Å². The molecule has 0 aliphatic rings. The fourth-order valence-corrected chi connectivity index (χ4v) is 0.307. The highest BCUT2D eigenvalue weighted by Crippen LogP contribution is 2.09. The van der Waals surface area contributed by atoms with E-state index < -0.39 is 0 Å². The predicted octanol–water partition coefficient (Wildman–Crippen LogP) is 2.29. The van der Waals surface area contributed by atoms with Crippen molar-refractivity contribution in [2.24, 2.45) is 0 Å². The summed E-state index contributed by atoms with van der Waals surface area (Å²) in [7, 11) is 0. The van der Waals surface area contributed by atoms with E-state index in [-0.39, 0.29) is 0 Å². The molecule has 0 saturated heterocycles. The van der Waals surface area contributed by atoms with Crippen LogP contribution in [0.3, 0.4) is 0 Å². The molecule has 0 unspecified atom stereocenters. The van der Waals surface area contributed by atoms with Gasteiger partial charge < -0.3 is 4.74 Å². The summed E-state index contributed by atoms with van der Waals surface area (Å²) in [5.74, 6) is 0.453. The molecular weight excluding hydrogens is 124 g/mol. The molecule has 0 heterocycles. The Hall–Kier alpha value is -0.430. The monoisotopic (exact) mass is 132 g/mol. The molecule has 0 rings (SSSR count). The van der Waals surface area contributed by atoms with Crippen LogP contribution in [0.5, 0.6) is 0 Å². The number of ether oxygens (including phenoxy) is 1. The van der Waals surface area contributed by atoms with Crippen molar-refractivity contribution in [1.29, 1.82) is 0 Å². The highest BCUT2D eigenvalue weighted by Gasteiger charge is 1.92. The van der Waals surface area contributed by atoms with E-state index >= 15 is 0 Å². The van der Waals surface area contributed by atoms with Crippen molar-refractivity contribution in [3.05, 3.63) is 23.9 Å². The molecule has 0 aliphatic heterocycles. The fourth-order valence-electron chi connectivity index (χ4n) is 0.253. The molecule has 2 heteroatoms. The normalized spacial score (nSPS) is 8.25. The first-order valence-electron chi connectivity index (χ1n) is 2.35. The first-order chi connectivity index (χ1) is 3.68. The molecule has 0 amide bonds. The lowest BCUT2D eigenvalue weighted by Crippen LogP contribution is -1.87. The molecule has 0 radical (unpaired) electrons. The largest absolute Gasteiger partial charge is 0.493 e. The van der Waals surface area contributed by atoms with Crippen LogP contribution in [-0.4, -0.2) is 6.61 Å². The SMILES string of the molecule is C=C(Cl)C(=C)OCC. The van der Waals surface area contributed by atoms with Crippen LogP contribution in [0.2, 0.25) is 0 Å². The molecule has 0 N–H and O–H groups in total. The van der Waals surface area contributed by atoms with Crippen molar-refractivity contribution < 1.29 is 4.74 Å². The Labute approximate surface area is 54.6 Å². The Morgan fingerprint density at radius 1 is 1.62 bits per heavy atom. The third-order valence-corrected chi connectivity index (χ3v) is 0.832. The van der Waals surface area contributed by atoms with E-state index in [2.05, 4.69) is 13.2 Å². The minimum Gasteiger partial charge on any atom is -0.493 e. The average Bonchev–Trinajstić information content (AvgIpc) is 1.67. The van der Waals surface area contributed by atoms with Crippen molar-refractivity contribution in [1.82, 2.24) is 0 Å². The molecule has 0 fully saturated rings. The fraction of sp³-hybridized carbons (Fsp3) is 0.333. The van der Waals surface area contributed by atoms with Gasteiger partial charge in [-0.05, 0) is 6.92 Å². The first kappa shape index (κ1) is 7.57. The van der Waals surface area contributed by atoms with Gasteiger partial charge in [-0.2, -0.15) is 0 Å². The van der Waals surface area contributed by atoms with E-state index in [4.69, 9.17) is 16.3 Å². The molecule has 0 spiro atoms. The lowest BCUT2D eigenvalue weighted by atomic mass is 10.5. The van der Waals surface area contributed by atoms with Gasteiger partial charge >= 0.3 is 0 Å². The molecule has 0 saturated carbocycles. The quantitative estimate of drug-likeness (QED) is 0.423. The summed E-state index contributed by atoms with van der Waals surface area (Å²) in [6.45, 7) is 9.36. The lowest BCUT2D eigenvalue weighted by Gasteiger charge is -2.01. The third kappa shape index (κ3) is 2.69. The Kier molecular flexibility index (Phi) is 3.37. The molecule has 0 atom stereocenters. The molecule has 0 aromatic rings. The van der Waals surface area contributed by atoms with Gasteiger partial charge in [0.05, 0.1) is 11.6 Å². The zero-order valence-electron chi connectivity index (χ0n) is 4.91. The van der Waals surface area contributed by atoms with Crippen molar-refractivity contribution in [3.8, 4) is 0 Å². The second-order valence-corrected chi connectivity index (χ2v) is 1.72. The Morgan fingerprint density at radius 2 is 2.12 bits per heavy atom. The van der Waals surface area contributed by atoms with Gasteiger partial charge in [-0.15, -0.1) is 0 Å². The minimum absolute atomic E-state index is 0.367. The van der Waals surface area contributed by atoms with Gasteiger partial charge in [0.15, 0.2) is 0 Å². The van der Waals surface area contributed by atoms with Crippen LogP contribution in [0.1, 0.15) is 6.92 Å². The molecule has 46 valence electrons. The van der Waals surface area contributed by atoms with Crippen LogP contribution in [-0.2, 0) is 4.74 Å². The second kappa shape index (κ2) is 3.56. The van der Waals surface area contributed by atoms with Crippen molar-refractivity contribution in [3.63, 3.8) is 0 Å². The minimum atomic E-state index is 0.367. The van der Waals surface area contributed by atoms with Gasteiger partial charge in [0.2, 0.25) is 0 Å². The summed E-state index contributed by atoms with van der Waals surface area (Å²) in [6.07, 6.45) is 0. The van der Waals surface area contributed by atoms with Crippen LogP contribution in [0.4, 0.5) is 0 Å². The van der Waals surface area contributed by atoms with Crippen molar-refractivity contribution >= 4 is 11.6 Å². The van der Waals surface area contributed by atoms with Gasteiger partial charge in [-0.1, -0.05) is 24.8 Å². The molecule has 0 aromatic heterocycles.